The zero-order valence-electron chi connectivity index (χ0n) is 17.8. The van der Waals surface area contributed by atoms with E-state index in [1.165, 1.54) is 16.9 Å². The maximum Gasteiger partial charge on any atom is 0.348 e. The number of nitrogens with zero attached hydrogens (tertiary/aromatic N) is 1. The third kappa shape index (κ3) is 4.50. The molecular weight excluding hydrogens is 398 g/mol. The molecule has 3 aliphatic carbocycles. The Morgan fingerprint density at radius 1 is 1.07 bits per heavy atom. The summed E-state index contributed by atoms with van der Waals surface area (Å²) in [6.45, 7) is 2.24. The van der Waals surface area contributed by atoms with Crippen LogP contribution in [0, 0.1) is 11.8 Å². The molecule has 5 nitrogen and oxygen atoms in total. The van der Waals surface area contributed by atoms with E-state index in [1.54, 1.807) is 0 Å². The number of amides is 1. The van der Waals surface area contributed by atoms with Crippen molar-refractivity contribution in [3.63, 3.8) is 0 Å². The van der Waals surface area contributed by atoms with Gasteiger partial charge in [-0.1, -0.05) is 13.0 Å². The molecular formula is C24H33NO4S. The Morgan fingerprint density at radius 3 is 2.37 bits per heavy atom. The summed E-state index contributed by atoms with van der Waals surface area (Å²) in [5, 5.41) is 19.9. The Morgan fingerprint density at radius 2 is 1.77 bits per heavy atom. The molecule has 0 spiro atoms. The number of aliphatic hydroxyl groups excluding tert-OH is 1. The van der Waals surface area contributed by atoms with Crippen LogP contribution in [0.5, 0.6) is 0 Å². The average molecular weight is 432 g/mol. The predicted octanol–water partition coefficient (Wildman–Crippen LogP) is 5.48. The Bertz CT molecular complexity index is 813. The average Bonchev–Trinajstić information content (AvgIpc) is 3.40. The van der Waals surface area contributed by atoms with Gasteiger partial charge in [-0.05, 0) is 88.2 Å². The van der Waals surface area contributed by atoms with E-state index in [9.17, 15) is 19.8 Å². The molecule has 0 saturated heterocycles. The molecule has 2 N–H and O–H groups in total. The van der Waals surface area contributed by atoms with Crippen LogP contribution < -0.4 is 4.90 Å². The minimum atomic E-state index is -0.953. The van der Waals surface area contributed by atoms with Gasteiger partial charge in [0.1, 0.15) is 4.88 Å². The fourth-order valence-electron chi connectivity index (χ4n) is 5.28. The van der Waals surface area contributed by atoms with Gasteiger partial charge in [0.05, 0.1) is 11.8 Å². The molecule has 30 heavy (non-hydrogen) atoms. The maximum atomic E-state index is 13.8. The van der Waals surface area contributed by atoms with E-state index in [-0.39, 0.29) is 28.8 Å². The van der Waals surface area contributed by atoms with Gasteiger partial charge in [-0.25, -0.2) is 4.79 Å². The Balaban J connectivity index is 1.69. The molecule has 2 fully saturated rings. The number of hydrogen-bond donors (Lipinski definition) is 2. The van der Waals surface area contributed by atoms with Gasteiger partial charge >= 0.3 is 5.97 Å². The Kier molecular flexibility index (Phi) is 6.63. The first-order chi connectivity index (χ1) is 14.4. The monoisotopic (exact) mass is 431 g/mol. The number of anilines is 1. The highest BCUT2D eigenvalue weighted by molar-refractivity contribution is 7.15. The molecule has 1 aromatic rings. The van der Waals surface area contributed by atoms with Crippen molar-refractivity contribution in [3.05, 3.63) is 21.9 Å². The van der Waals surface area contributed by atoms with Gasteiger partial charge < -0.3 is 15.1 Å². The highest BCUT2D eigenvalue weighted by atomic mass is 32.1. The fraction of sp³-hybridized carbons (Fsp3) is 0.667. The van der Waals surface area contributed by atoms with Gasteiger partial charge in [0, 0.05) is 16.8 Å². The molecule has 0 aromatic carbocycles. The number of rotatable bonds is 5. The number of thiophene rings is 1. The summed E-state index contributed by atoms with van der Waals surface area (Å²) < 4.78 is 0. The quantitative estimate of drug-likeness (QED) is 0.647. The first kappa shape index (κ1) is 21.6. The summed E-state index contributed by atoms with van der Waals surface area (Å²) in [6.07, 6.45) is 11.7. The van der Waals surface area contributed by atoms with Gasteiger partial charge in [0.15, 0.2) is 0 Å². The number of carboxylic acid groups (broad SMARTS) is 1. The zero-order valence-corrected chi connectivity index (χ0v) is 18.6. The molecule has 164 valence electrons. The van der Waals surface area contributed by atoms with Crippen molar-refractivity contribution in [1.29, 1.82) is 0 Å². The number of carbonyl (C=O) groups excluding carboxylic acids is 1. The molecule has 1 amide bonds. The summed E-state index contributed by atoms with van der Waals surface area (Å²) in [7, 11) is 0. The Hall–Kier alpha value is -1.66. The smallest absolute Gasteiger partial charge is 0.348 e. The van der Waals surface area contributed by atoms with Gasteiger partial charge in [0.2, 0.25) is 5.91 Å². The molecule has 3 aliphatic rings. The molecule has 0 unspecified atom stereocenters. The van der Waals surface area contributed by atoms with Crippen LogP contribution in [0.15, 0.2) is 12.1 Å². The number of aliphatic hydroxyl groups is 1. The van der Waals surface area contributed by atoms with Crippen LogP contribution in [0.1, 0.15) is 92.1 Å². The molecule has 1 heterocycles. The third-order valence-electron chi connectivity index (χ3n) is 7.16. The van der Waals surface area contributed by atoms with Crippen molar-refractivity contribution in [3.8, 4) is 0 Å². The zero-order chi connectivity index (χ0) is 21.3. The number of aromatic carboxylic acids is 1. The molecule has 0 aliphatic heterocycles. The van der Waals surface area contributed by atoms with Gasteiger partial charge in [-0.2, -0.15) is 0 Å². The molecule has 1 aromatic heterocycles. The molecule has 6 heteroatoms. The maximum absolute atomic E-state index is 13.8. The lowest BCUT2D eigenvalue weighted by Crippen LogP contribution is -2.47. The number of hydrogen-bond acceptors (Lipinski definition) is 4. The molecule has 2 saturated carbocycles. The summed E-state index contributed by atoms with van der Waals surface area (Å²) in [6, 6.07) is 1.93. The van der Waals surface area contributed by atoms with Gasteiger partial charge in [0.25, 0.3) is 0 Å². The van der Waals surface area contributed by atoms with Crippen LogP contribution in [0.25, 0.3) is 5.57 Å². The first-order valence-electron chi connectivity index (χ1n) is 11.5. The largest absolute Gasteiger partial charge is 0.477 e. The third-order valence-corrected chi connectivity index (χ3v) is 8.35. The fourth-order valence-corrected chi connectivity index (χ4v) is 6.34. The van der Waals surface area contributed by atoms with Crippen molar-refractivity contribution < 1.29 is 19.8 Å². The van der Waals surface area contributed by atoms with E-state index in [2.05, 4.69) is 13.0 Å². The number of carbonyl (C=O) groups is 2. The van der Waals surface area contributed by atoms with Crippen molar-refractivity contribution in [1.82, 2.24) is 0 Å². The van der Waals surface area contributed by atoms with E-state index >= 15 is 0 Å². The van der Waals surface area contributed by atoms with Crippen LogP contribution in [-0.2, 0) is 4.79 Å². The Labute approximate surface area is 182 Å². The highest BCUT2D eigenvalue weighted by Gasteiger charge is 2.37. The van der Waals surface area contributed by atoms with E-state index in [1.807, 2.05) is 11.0 Å². The summed E-state index contributed by atoms with van der Waals surface area (Å²) in [5.41, 5.74) is 1.80. The first-order valence-corrected chi connectivity index (χ1v) is 12.3. The molecule has 0 atom stereocenters. The van der Waals surface area contributed by atoms with Gasteiger partial charge in [-0.3, -0.25) is 4.79 Å². The standard InChI is InChI=1S/C24H33NO4S/c1-15-6-8-17(9-7-15)23(27)25(18-10-12-19(26)13-11-18)20-14-21(16-4-2-3-5-16)30-22(20)24(28)29/h4,14-15,17-19,26H,2-3,5-13H2,1H3,(H,28,29). The van der Waals surface area contributed by atoms with E-state index in [0.29, 0.717) is 24.4 Å². The second-order valence-electron chi connectivity index (χ2n) is 9.38. The SMILES string of the molecule is CC1CCC(C(=O)N(c2cc(C3=CCCC3)sc2C(=O)O)C2CCC(O)CC2)CC1. The topological polar surface area (TPSA) is 77.8 Å². The highest BCUT2D eigenvalue weighted by Crippen LogP contribution is 2.42. The predicted molar refractivity (Wildman–Crippen MR) is 120 cm³/mol. The van der Waals surface area contributed by atoms with E-state index in [4.69, 9.17) is 0 Å². The van der Waals surface area contributed by atoms with Crippen LogP contribution >= 0.6 is 11.3 Å². The minimum absolute atomic E-state index is 0.0243. The van der Waals surface area contributed by atoms with Crippen molar-refractivity contribution in [2.45, 2.75) is 89.7 Å². The minimum Gasteiger partial charge on any atom is -0.477 e. The van der Waals surface area contributed by atoms with Crippen molar-refractivity contribution in [2.24, 2.45) is 11.8 Å². The second-order valence-corrected chi connectivity index (χ2v) is 10.4. The number of carboxylic acids is 1. The normalized spacial score (nSPS) is 29.5. The van der Waals surface area contributed by atoms with Crippen molar-refractivity contribution in [2.75, 3.05) is 4.90 Å². The van der Waals surface area contributed by atoms with Crippen molar-refractivity contribution >= 4 is 34.5 Å². The van der Waals surface area contributed by atoms with E-state index < -0.39 is 5.97 Å². The van der Waals surface area contributed by atoms with Crippen LogP contribution in [0.4, 0.5) is 5.69 Å². The lowest BCUT2D eigenvalue weighted by atomic mass is 9.81. The summed E-state index contributed by atoms with van der Waals surface area (Å²) >= 11 is 1.31. The molecule has 4 rings (SSSR count). The van der Waals surface area contributed by atoms with Crippen LogP contribution in [-0.4, -0.2) is 34.2 Å². The molecule has 0 radical (unpaired) electrons. The van der Waals surface area contributed by atoms with Crippen LogP contribution in [0.2, 0.25) is 0 Å². The summed E-state index contributed by atoms with van der Waals surface area (Å²) in [5.74, 6) is -0.228. The van der Waals surface area contributed by atoms with Gasteiger partial charge in [-0.15, -0.1) is 11.3 Å². The van der Waals surface area contributed by atoms with Crippen LogP contribution in [0.3, 0.4) is 0 Å². The second kappa shape index (κ2) is 9.23. The van der Waals surface area contributed by atoms with E-state index in [0.717, 1.165) is 62.7 Å². The number of allylic oxidation sites excluding steroid dienone is 2. The summed E-state index contributed by atoms with van der Waals surface area (Å²) in [4.78, 5) is 29.0. The lowest BCUT2D eigenvalue weighted by molar-refractivity contribution is -0.124. The lowest BCUT2D eigenvalue weighted by Gasteiger charge is -2.38. The molecule has 0 bridgehead atoms.